The van der Waals surface area contributed by atoms with E-state index >= 15 is 0 Å². The normalized spacial score (nSPS) is 11.8. The van der Waals surface area contributed by atoms with E-state index in [9.17, 15) is 17.6 Å². The molecule has 6 aromatic rings. The zero-order valence-corrected chi connectivity index (χ0v) is 24.3. The van der Waals surface area contributed by atoms with Crippen LogP contribution < -0.4 is 5.32 Å². The number of amides is 1. The second-order valence-corrected chi connectivity index (χ2v) is 12.7. The summed E-state index contributed by atoms with van der Waals surface area (Å²) in [6, 6.07) is 13.9. The molecule has 10 nitrogen and oxygen atoms in total. The molecule has 1 amide bonds. The van der Waals surface area contributed by atoms with Crippen LogP contribution in [0.4, 0.5) is 10.1 Å². The van der Waals surface area contributed by atoms with E-state index in [0.717, 1.165) is 28.5 Å². The van der Waals surface area contributed by atoms with Gasteiger partial charge in [0.1, 0.15) is 32.5 Å². The SMILES string of the molecule is CCCC(=O)Nc1cncc(-c2ccc3[nH]nc(-c4cc5c(-c6cc(F)cc(CCS(C)(=O)=O)c6)ccnc5[nH]4)c3n2)c1. The lowest BCUT2D eigenvalue weighted by atomic mass is 10.00. The minimum absolute atomic E-state index is 0.0645. The number of H-pyrrole nitrogens is 2. The van der Waals surface area contributed by atoms with Crippen molar-refractivity contribution in [2.24, 2.45) is 0 Å². The minimum atomic E-state index is -3.19. The first-order valence-corrected chi connectivity index (χ1v) is 15.8. The van der Waals surface area contributed by atoms with Gasteiger partial charge in [0.15, 0.2) is 0 Å². The molecule has 5 aromatic heterocycles. The zero-order chi connectivity index (χ0) is 30.1. The number of pyridine rings is 3. The van der Waals surface area contributed by atoms with Crippen LogP contribution in [0.5, 0.6) is 0 Å². The monoisotopic (exact) mass is 597 g/mol. The molecule has 5 heterocycles. The molecule has 0 saturated carbocycles. The molecular formula is C31H28FN7O3S. The number of nitrogens with zero attached hydrogens (tertiary/aromatic N) is 4. The van der Waals surface area contributed by atoms with E-state index in [-0.39, 0.29) is 18.1 Å². The summed E-state index contributed by atoms with van der Waals surface area (Å²) in [6.07, 6.45) is 7.48. The molecule has 0 aliphatic heterocycles. The fraction of sp³-hybridized carbons (Fsp3) is 0.194. The molecule has 0 radical (unpaired) electrons. The highest BCUT2D eigenvalue weighted by molar-refractivity contribution is 7.90. The average Bonchev–Trinajstić information content (AvgIpc) is 3.59. The third-order valence-electron chi connectivity index (χ3n) is 7.02. The Bertz CT molecular complexity index is 2100. The summed E-state index contributed by atoms with van der Waals surface area (Å²) in [5, 5.41) is 11.2. The third-order valence-corrected chi connectivity index (χ3v) is 7.97. The van der Waals surface area contributed by atoms with Crippen molar-refractivity contribution in [2.45, 2.75) is 26.2 Å². The van der Waals surface area contributed by atoms with Gasteiger partial charge >= 0.3 is 0 Å². The summed E-state index contributed by atoms with van der Waals surface area (Å²) >= 11 is 0. The number of carbonyl (C=O) groups is 1. The van der Waals surface area contributed by atoms with Gasteiger partial charge in [0.05, 0.1) is 34.5 Å². The summed E-state index contributed by atoms with van der Waals surface area (Å²) in [7, 11) is -3.19. The average molecular weight is 598 g/mol. The number of nitrogens with one attached hydrogen (secondary N) is 3. The number of sulfone groups is 1. The Morgan fingerprint density at radius 3 is 2.72 bits per heavy atom. The molecule has 6 rings (SSSR count). The Labute approximate surface area is 246 Å². The number of rotatable bonds is 9. The molecule has 12 heteroatoms. The number of anilines is 1. The quantitative estimate of drug-likeness (QED) is 0.194. The molecule has 218 valence electrons. The molecule has 0 atom stereocenters. The van der Waals surface area contributed by atoms with E-state index in [2.05, 4.69) is 30.5 Å². The zero-order valence-electron chi connectivity index (χ0n) is 23.5. The van der Waals surface area contributed by atoms with Crippen LogP contribution in [-0.2, 0) is 21.1 Å². The topological polar surface area (TPSA) is 146 Å². The van der Waals surface area contributed by atoms with Gasteiger partial charge in [-0.1, -0.05) is 13.0 Å². The lowest BCUT2D eigenvalue weighted by molar-refractivity contribution is -0.116. The predicted octanol–water partition coefficient (Wildman–Crippen LogP) is 5.70. The lowest BCUT2D eigenvalue weighted by Crippen LogP contribution is -2.10. The van der Waals surface area contributed by atoms with E-state index < -0.39 is 15.7 Å². The smallest absolute Gasteiger partial charge is 0.224 e. The van der Waals surface area contributed by atoms with E-state index in [1.807, 2.05) is 31.2 Å². The number of hydrogen-bond donors (Lipinski definition) is 3. The van der Waals surface area contributed by atoms with Gasteiger partial charge in [-0.15, -0.1) is 0 Å². The lowest BCUT2D eigenvalue weighted by Gasteiger charge is -2.07. The van der Waals surface area contributed by atoms with E-state index in [4.69, 9.17) is 4.98 Å². The van der Waals surface area contributed by atoms with Crippen LogP contribution in [0.15, 0.2) is 67.1 Å². The van der Waals surface area contributed by atoms with Crippen molar-refractivity contribution in [2.75, 3.05) is 17.3 Å². The molecule has 43 heavy (non-hydrogen) atoms. The molecule has 0 spiro atoms. The maximum absolute atomic E-state index is 14.6. The Morgan fingerprint density at radius 2 is 1.91 bits per heavy atom. The van der Waals surface area contributed by atoms with Crippen molar-refractivity contribution in [1.29, 1.82) is 0 Å². The van der Waals surface area contributed by atoms with Crippen molar-refractivity contribution < 1.29 is 17.6 Å². The van der Waals surface area contributed by atoms with Crippen LogP contribution in [-0.4, -0.2) is 56.5 Å². The second kappa shape index (κ2) is 11.4. The summed E-state index contributed by atoms with van der Waals surface area (Å²) in [5.41, 5.74) is 7.13. The van der Waals surface area contributed by atoms with Gasteiger partial charge in [-0.3, -0.25) is 14.9 Å². The van der Waals surface area contributed by atoms with E-state index in [0.29, 0.717) is 51.5 Å². The van der Waals surface area contributed by atoms with Crippen LogP contribution >= 0.6 is 0 Å². The van der Waals surface area contributed by atoms with Gasteiger partial charge < -0.3 is 10.3 Å². The number of benzene rings is 1. The largest absolute Gasteiger partial charge is 0.338 e. The summed E-state index contributed by atoms with van der Waals surface area (Å²) in [4.78, 5) is 29.0. The first-order chi connectivity index (χ1) is 20.7. The van der Waals surface area contributed by atoms with Crippen molar-refractivity contribution in [3.63, 3.8) is 0 Å². The highest BCUT2D eigenvalue weighted by Crippen LogP contribution is 2.34. The molecular weight excluding hydrogens is 569 g/mol. The number of hydrogen-bond acceptors (Lipinski definition) is 7. The third kappa shape index (κ3) is 6.14. The van der Waals surface area contributed by atoms with Crippen LogP contribution in [0.1, 0.15) is 25.3 Å². The Morgan fingerprint density at radius 1 is 1.05 bits per heavy atom. The van der Waals surface area contributed by atoms with Crippen molar-refractivity contribution in [1.82, 2.24) is 30.1 Å². The van der Waals surface area contributed by atoms with Gasteiger partial charge in [-0.25, -0.2) is 22.8 Å². The summed E-state index contributed by atoms with van der Waals surface area (Å²) in [5.74, 6) is -0.581. The Kier molecular flexibility index (Phi) is 7.45. The molecule has 0 bridgehead atoms. The standard InChI is InChI=1S/C31H28FN7O3S/c1-3-4-28(40)35-22-14-20(16-33-17-22)25-5-6-26-29(36-25)30(39-38-26)27-15-24-23(7-9-34-31(24)37-27)19-11-18(12-21(32)13-19)8-10-43(2,41)42/h5-7,9,11-17H,3-4,8,10H2,1-2H3,(H,34,37)(H,35,40)(H,38,39). The predicted molar refractivity (Wildman–Crippen MR) is 165 cm³/mol. The molecule has 0 aliphatic carbocycles. The summed E-state index contributed by atoms with van der Waals surface area (Å²) in [6.45, 7) is 1.95. The number of fused-ring (bicyclic) bond motifs is 2. The maximum atomic E-state index is 14.6. The Balaban J connectivity index is 1.37. The van der Waals surface area contributed by atoms with Crippen LogP contribution in [0.25, 0.3) is 55.8 Å². The molecule has 0 fully saturated rings. The molecule has 1 aromatic carbocycles. The van der Waals surface area contributed by atoms with Gasteiger partial charge in [0, 0.05) is 36.0 Å². The molecule has 3 N–H and O–H groups in total. The highest BCUT2D eigenvalue weighted by Gasteiger charge is 2.17. The number of halogens is 1. The summed E-state index contributed by atoms with van der Waals surface area (Å²) < 4.78 is 37.9. The highest BCUT2D eigenvalue weighted by atomic mass is 32.2. The number of carbonyl (C=O) groups excluding carboxylic acids is 1. The maximum Gasteiger partial charge on any atom is 0.224 e. The number of aryl methyl sites for hydroxylation is 1. The number of aromatic amines is 2. The van der Waals surface area contributed by atoms with Gasteiger partial charge in [0.2, 0.25) is 5.91 Å². The second-order valence-electron chi connectivity index (χ2n) is 10.5. The van der Waals surface area contributed by atoms with Gasteiger partial charge in [0.25, 0.3) is 0 Å². The van der Waals surface area contributed by atoms with Crippen molar-refractivity contribution in [3.05, 3.63) is 78.5 Å². The molecule has 0 unspecified atom stereocenters. The minimum Gasteiger partial charge on any atom is -0.338 e. The van der Waals surface area contributed by atoms with E-state index in [1.54, 1.807) is 30.7 Å². The molecule has 0 saturated heterocycles. The van der Waals surface area contributed by atoms with Crippen LogP contribution in [0.3, 0.4) is 0 Å². The number of aromatic nitrogens is 6. The van der Waals surface area contributed by atoms with Crippen molar-refractivity contribution >= 4 is 43.5 Å². The van der Waals surface area contributed by atoms with Gasteiger partial charge in [-0.2, -0.15) is 5.10 Å². The van der Waals surface area contributed by atoms with Crippen molar-refractivity contribution in [3.8, 4) is 33.8 Å². The van der Waals surface area contributed by atoms with Crippen LogP contribution in [0, 0.1) is 5.82 Å². The molecule has 0 aliphatic rings. The van der Waals surface area contributed by atoms with Crippen LogP contribution in [0.2, 0.25) is 0 Å². The first kappa shape index (κ1) is 28.2. The first-order valence-electron chi connectivity index (χ1n) is 13.7. The Hall–Kier alpha value is -4.97. The fourth-order valence-electron chi connectivity index (χ4n) is 5.01. The van der Waals surface area contributed by atoms with E-state index in [1.165, 1.54) is 18.4 Å². The fourth-order valence-corrected chi connectivity index (χ4v) is 5.61. The van der Waals surface area contributed by atoms with Gasteiger partial charge in [-0.05, 0) is 72.0 Å².